The second kappa shape index (κ2) is 8.33. The van der Waals surface area contributed by atoms with E-state index in [2.05, 4.69) is 17.2 Å². The van der Waals surface area contributed by atoms with Gasteiger partial charge in [0.05, 0.1) is 28.9 Å². The largest absolute Gasteiger partial charge is 0.384 e. The van der Waals surface area contributed by atoms with E-state index in [1.54, 1.807) is 57.5 Å². The molecule has 1 atom stereocenters. The minimum atomic E-state index is -3.60. The van der Waals surface area contributed by atoms with Gasteiger partial charge in [0.1, 0.15) is 5.82 Å². The predicted octanol–water partition coefficient (Wildman–Crippen LogP) is 3.79. The zero-order valence-corrected chi connectivity index (χ0v) is 20.2. The Balaban J connectivity index is 1.54. The Bertz CT molecular complexity index is 1460. The number of aryl methyl sites for hydroxylation is 2. The van der Waals surface area contributed by atoms with E-state index in [9.17, 15) is 12.8 Å². The molecule has 2 aromatic carbocycles. The van der Waals surface area contributed by atoms with Gasteiger partial charge in [-0.05, 0) is 66.9 Å². The molecule has 2 aromatic heterocycles. The Morgan fingerprint density at radius 3 is 2.62 bits per heavy atom. The van der Waals surface area contributed by atoms with Crippen molar-refractivity contribution in [3.05, 3.63) is 78.0 Å². The van der Waals surface area contributed by atoms with Crippen molar-refractivity contribution in [2.75, 3.05) is 26.8 Å². The highest BCUT2D eigenvalue weighted by Crippen LogP contribution is 2.40. The van der Waals surface area contributed by atoms with Crippen LogP contribution in [0.4, 0.5) is 4.39 Å². The van der Waals surface area contributed by atoms with Crippen molar-refractivity contribution in [2.45, 2.75) is 23.7 Å². The van der Waals surface area contributed by atoms with Crippen molar-refractivity contribution in [1.82, 2.24) is 18.7 Å². The number of nitrogens with zero attached hydrogens (tertiary/aromatic N) is 4. The summed E-state index contributed by atoms with van der Waals surface area (Å²) in [5.74, 6) is -0.295. The molecule has 0 amide bonds. The molecule has 178 valence electrons. The third-order valence-electron chi connectivity index (χ3n) is 6.74. The summed E-state index contributed by atoms with van der Waals surface area (Å²) in [6.45, 7) is 3.21. The quantitative estimate of drug-likeness (QED) is 0.419. The van der Waals surface area contributed by atoms with Gasteiger partial charge in [-0.25, -0.2) is 17.5 Å². The molecule has 0 bridgehead atoms. The molecule has 3 heterocycles. The van der Waals surface area contributed by atoms with E-state index in [1.165, 1.54) is 12.1 Å². The van der Waals surface area contributed by atoms with Gasteiger partial charge in [0.25, 0.3) is 0 Å². The third kappa shape index (κ3) is 3.73. The molecule has 1 unspecified atom stereocenters. The summed E-state index contributed by atoms with van der Waals surface area (Å²) in [4.78, 5) is 0.302. The molecule has 0 saturated carbocycles. The lowest BCUT2D eigenvalue weighted by atomic mass is 9.78. The molecule has 1 aliphatic rings. The second-order valence-electron chi connectivity index (χ2n) is 9.07. The van der Waals surface area contributed by atoms with Crippen LogP contribution in [-0.4, -0.2) is 53.9 Å². The summed E-state index contributed by atoms with van der Waals surface area (Å²) in [7, 11) is -0.138. The molecular weight excluding hydrogens is 455 g/mol. The molecule has 7 nitrogen and oxygen atoms in total. The van der Waals surface area contributed by atoms with Crippen molar-refractivity contribution < 1.29 is 17.5 Å². The zero-order chi connectivity index (χ0) is 24.1. The fourth-order valence-corrected chi connectivity index (χ4v) is 6.63. The topological polar surface area (TPSA) is 69.4 Å². The highest BCUT2D eigenvalue weighted by atomic mass is 32.2. The van der Waals surface area contributed by atoms with Crippen molar-refractivity contribution in [2.24, 2.45) is 7.05 Å². The van der Waals surface area contributed by atoms with Crippen LogP contribution in [0.15, 0.2) is 66.0 Å². The number of hydrogen-bond acceptors (Lipinski definition) is 4. The monoisotopic (exact) mass is 482 g/mol. The van der Waals surface area contributed by atoms with E-state index in [0.29, 0.717) is 31.0 Å². The maximum Gasteiger partial charge on any atom is 0.244 e. The third-order valence-corrected chi connectivity index (χ3v) is 8.57. The number of benzene rings is 2. The van der Waals surface area contributed by atoms with Crippen LogP contribution in [0.3, 0.4) is 0 Å². The highest BCUT2D eigenvalue weighted by molar-refractivity contribution is 7.89. The average Bonchev–Trinajstić information content (AvgIpc) is 3.53. The van der Waals surface area contributed by atoms with Gasteiger partial charge in [-0.2, -0.15) is 9.40 Å². The molecule has 0 spiro atoms. The first kappa shape index (κ1) is 22.8. The maximum absolute atomic E-state index is 13.4. The average molecular weight is 483 g/mol. The molecule has 0 radical (unpaired) electrons. The lowest BCUT2D eigenvalue weighted by Crippen LogP contribution is -2.38. The Kier molecular flexibility index (Phi) is 5.58. The minimum Gasteiger partial charge on any atom is -0.384 e. The number of ether oxygens (including phenoxy) is 1. The van der Waals surface area contributed by atoms with E-state index in [0.717, 1.165) is 27.7 Å². The van der Waals surface area contributed by atoms with Crippen LogP contribution < -0.4 is 0 Å². The first-order valence-corrected chi connectivity index (χ1v) is 12.5. The van der Waals surface area contributed by atoms with Gasteiger partial charge >= 0.3 is 0 Å². The van der Waals surface area contributed by atoms with Crippen molar-refractivity contribution in [3.8, 4) is 5.69 Å². The SMILES string of the molecule is COCC1(c2cc3cnn(-c4ccc(F)cc4)c3cc2C)CCN(S(=O)(=O)c2ccn(C)c2)C1. The van der Waals surface area contributed by atoms with Crippen LogP contribution in [0.5, 0.6) is 0 Å². The van der Waals surface area contributed by atoms with Crippen LogP contribution >= 0.6 is 0 Å². The maximum atomic E-state index is 13.4. The van der Waals surface area contributed by atoms with Gasteiger partial charge in [0, 0.05) is 50.4 Å². The van der Waals surface area contributed by atoms with E-state index in [1.807, 2.05) is 14.0 Å². The minimum absolute atomic E-state index is 0.295. The molecule has 1 aliphatic heterocycles. The number of rotatable bonds is 6. The van der Waals surface area contributed by atoms with Gasteiger partial charge in [-0.15, -0.1) is 0 Å². The first-order chi connectivity index (χ1) is 16.2. The molecule has 1 saturated heterocycles. The first-order valence-electron chi connectivity index (χ1n) is 11.1. The van der Waals surface area contributed by atoms with Crippen molar-refractivity contribution in [1.29, 1.82) is 0 Å². The Morgan fingerprint density at radius 2 is 1.94 bits per heavy atom. The summed E-state index contributed by atoms with van der Waals surface area (Å²) in [5, 5.41) is 5.46. The standard InChI is InChI=1S/C25H27FN4O3S/c1-18-12-24-19(14-27-30(24)21-6-4-20(26)5-7-21)13-23(18)25(17-33-3)9-11-29(16-25)34(31,32)22-8-10-28(2)15-22/h4-8,10,12-15H,9,11,16-17H2,1-3H3. The van der Waals surface area contributed by atoms with Crippen LogP contribution in [0, 0.1) is 12.7 Å². The molecular formula is C25H27FN4O3S. The van der Waals surface area contributed by atoms with Gasteiger partial charge in [-0.3, -0.25) is 0 Å². The molecule has 0 aliphatic carbocycles. The number of hydrogen-bond donors (Lipinski definition) is 0. The van der Waals surface area contributed by atoms with E-state index in [-0.39, 0.29) is 5.82 Å². The van der Waals surface area contributed by atoms with Crippen LogP contribution in [0.1, 0.15) is 17.5 Å². The fourth-order valence-electron chi connectivity index (χ4n) is 5.05. The Labute approximate surface area is 198 Å². The van der Waals surface area contributed by atoms with E-state index >= 15 is 0 Å². The van der Waals surface area contributed by atoms with Gasteiger partial charge in [-0.1, -0.05) is 0 Å². The van der Waals surface area contributed by atoms with Crippen molar-refractivity contribution in [3.63, 3.8) is 0 Å². The Morgan fingerprint density at radius 1 is 1.18 bits per heavy atom. The zero-order valence-electron chi connectivity index (χ0n) is 19.4. The molecule has 1 fully saturated rings. The predicted molar refractivity (Wildman–Crippen MR) is 128 cm³/mol. The number of aromatic nitrogens is 3. The van der Waals surface area contributed by atoms with E-state index in [4.69, 9.17) is 4.74 Å². The summed E-state index contributed by atoms with van der Waals surface area (Å²) in [5.41, 5.74) is 3.31. The van der Waals surface area contributed by atoms with Crippen LogP contribution in [-0.2, 0) is 27.2 Å². The van der Waals surface area contributed by atoms with Crippen molar-refractivity contribution >= 4 is 20.9 Å². The summed E-state index contributed by atoms with van der Waals surface area (Å²) < 4.78 is 50.7. The summed E-state index contributed by atoms with van der Waals surface area (Å²) >= 11 is 0. The normalized spacial score (nSPS) is 19.3. The fraction of sp³-hybridized carbons (Fsp3) is 0.320. The molecule has 34 heavy (non-hydrogen) atoms. The number of methoxy groups -OCH3 is 1. The highest BCUT2D eigenvalue weighted by Gasteiger charge is 2.45. The molecule has 5 rings (SSSR count). The number of sulfonamides is 1. The molecule has 0 N–H and O–H groups in total. The lowest BCUT2D eigenvalue weighted by molar-refractivity contribution is 0.135. The van der Waals surface area contributed by atoms with Gasteiger partial charge < -0.3 is 9.30 Å². The molecule has 4 aromatic rings. The second-order valence-corrected chi connectivity index (χ2v) is 11.0. The van der Waals surface area contributed by atoms with Gasteiger partial charge in [0.15, 0.2) is 0 Å². The van der Waals surface area contributed by atoms with Crippen LogP contribution in [0.25, 0.3) is 16.6 Å². The summed E-state index contributed by atoms with van der Waals surface area (Å²) in [6, 6.07) is 12.0. The van der Waals surface area contributed by atoms with Crippen LogP contribution in [0.2, 0.25) is 0 Å². The smallest absolute Gasteiger partial charge is 0.244 e. The molecule has 9 heteroatoms. The Hall–Kier alpha value is -3.01. The number of halogens is 1. The lowest BCUT2D eigenvalue weighted by Gasteiger charge is -2.31. The summed E-state index contributed by atoms with van der Waals surface area (Å²) in [6.07, 6.45) is 5.82. The van der Waals surface area contributed by atoms with Gasteiger partial charge in [0.2, 0.25) is 10.0 Å². The number of fused-ring (bicyclic) bond motifs is 1. The van der Waals surface area contributed by atoms with E-state index < -0.39 is 15.4 Å².